The predicted molar refractivity (Wildman–Crippen MR) is 99.5 cm³/mol. The number of nitrogens with zero attached hydrogens (tertiary/aromatic N) is 1. The van der Waals surface area contributed by atoms with Gasteiger partial charge in [-0.1, -0.05) is 18.2 Å². The first-order valence-electron chi connectivity index (χ1n) is 8.21. The van der Waals surface area contributed by atoms with Crippen molar-refractivity contribution in [2.45, 2.75) is 6.42 Å². The highest BCUT2D eigenvalue weighted by atomic mass is 19.1. The molecule has 0 aliphatic heterocycles. The molecule has 0 atom stereocenters. The van der Waals surface area contributed by atoms with Crippen molar-refractivity contribution in [2.75, 3.05) is 13.7 Å². The highest BCUT2D eigenvalue weighted by Crippen LogP contribution is 2.28. The SMILES string of the molecule is COc1cc(/C=C/C(=O)NNC(=O)Cc2ccc(F)cc2)ccc1OCC#N. The van der Waals surface area contributed by atoms with Gasteiger partial charge < -0.3 is 9.47 Å². The second-order valence-corrected chi connectivity index (χ2v) is 5.53. The molecule has 0 radical (unpaired) electrons. The Balaban J connectivity index is 1.86. The number of carbonyl (C=O) groups excluding carboxylic acids is 2. The van der Waals surface area contributed by atoms with E-state index in [0.717, 1.165) is 0 Å². The minimum absolute atomic E-state index is 0.00559. The second kappa shape index (κ2) is 10.3. The van der Waals surface area contributed by atoms with Crippen LogP contribution in [0.3, 0.4) is 0 Å². The molecule has 2 aromatic rings. The van der Waals surface area contributed by atoms with Crippen LogP contribution in [0.5, 0.6) is 11.5 Å². The Morgan fingerprint density at radius 2 is 1.89 bits per heavy atom. The number of amides is 2. The van der Waals surface area contributed by atoms with Gasteiger partial charge in [-0.3, -0.25) is 20.4 Å². The average Bonchev–Trinajstić information content (AvgIpc) is 2.71. The van der Waals surface area contributed by atoms with E-state index in [4.69, 9.17) is 14.7 Å². The molecule has 0 aliphatic carbocycles. The molecule has 0 fully saturated rings. The van der Waals surface area contributed by atoms with Crippen LogP contribution in [0.25, 0.3) is 6.08 Å². The normalized spacial score (nSPS) is 10.2. The van der Waals surface area contributed by atoms with Gasteiger partial charge in [-0.25, -0.2) is 4.39 Å². The standard InChI is InChI=1S/C20H18FN3O4/c1-27-18-12-14(4-8-17(18)28-11-10-22)5-9-19(25)23-24-20(26)13-15-2-6-16(21)7-3-15/h2-9,12H,11,13H2,1H3,(H,23,25)(H,24,26)/b9-5+. The third-order valence-electron chi connectivity index (χ3n) is 3.51. The Bertz CT molecular complexity index is 905. The van der Waals surface area contributed by atoms with Gasteiger partial charge in [0.05, 0.1) is 13.5 Å². The van der Waals surface area contributed by atoms with Gasteiger partial charge in [-0.05, 0) is 41.5 Å². The van der Waals surface area contributed by atoms with Gasteiger partial charge in [-0.15, -0.1) is 0 Å². The number of carbonyl (C=O) groups is 2. The fraction of sp³-hybridized carbons (Fsp3) is 0.150. The van der Waals surface area contributed by atoms with Crippen molar-refractivity contribution in [1.29, 1.82) is 5.26 Å². The fourth-order valence-corrected chi connectivity index (χ4v) is 2.19. The van der Waals surface area contributed by atoms with Crippen LogP contribution in [0.4, 0.5) is 4.39 Å². The van der Waals surface area contributed by atoms with Crippen LogP contribution >= 0.6 is 0 Å². The van der Waals surface area contributed by atoms with E-state index in [1.54, 1.807) is 18.2 Å². The third kappa shape index (κ3) is 6.46. The largest absolute Gasteiger partial charge is 0.493 e. The van der Waals surface area contributed by atoms with Gasteiger partial charge in [0.15, 0.2) is 18.1 Å². The molecule has 8 heteroatoms. The van der Waals surface area contributed by atoms with Crippen LogP contribution in [-0.2, 0) is 16.0 Å². The Kier molecular flexibility index (Phi) is 7.54. The van der Waals surface area contributed by atoms with E-state index >= 15 is 0 Å². The molecule has 0 spiro atoms. The second-order valence-electron chi connectivity index (χ2n) is 5.53. The van der Waals surface area contributed by atoms with Gasteiger partial charge in [0.25, 0.3) is 5.91 Å². The molecule has 2 aromatic carbocycles. The number of methoxy groups -OCH3 is 1. The minimum Gasteiger partial charge on any atom is -0.493 e. The maximum atomic E-state index is 12.8. The van der Waals surface area contributed by atoms with Crippen molar-refractivity contribution in [2.24, 2.45) is 0 Å². The lowest BCUT2D eigenvalue weighted by Crippen LogP contribution is -2.41. The minimum atomic E-state index is -0.531. The lowest BCUT2D eigenvalue weighted by Gasteiger charge is -2.09. The van der Waals surface area contributed by atoms with Crippen molar-refractivity contribution < 1.29 is 23.5 Å². The van der Waals surface area contributed by atoms with E-state index in [-0.39, 0.29) is 18.8 Å². The predicted octanol–water partition coefficient (Wildman–Crippen LogP) is 2.14. The van der Waals surface area contributed by atoms with E-state index in [1.165, 1.54) is 43.5 Å². The van der Waals surface area contributed by atoms with E-state index in [1.807, 2.05) is 6.07 Å². The quantitative estimate of drug-likeness (QED) is 0.564. The van der Waals surface area contributed by atoms with E-state index in [0.29, 0.717) is 22.6 Å². The summed E-state index contributed by atoms with van der Waals surface area (Å²) in [6.45, 7) is -0.106. The Labute approximate surface area is 161 Å². The molecular formula is C20H18FN3O4. The zero-order chi connectivity index (χ0) is 20.4. The number of hydrazine groups is 1. The number of hydrogen-bond donors (Lipinski definition) is 2. The molecule has 144 valence electrons. The lowest BCUT2D eigenvalue weighted by molar-refractivity contribution is -0.126. The molecule has 0 heterocycles. The summed E-state index contributed by atoms with van der Waals surface area (Å²) >= 11 is 0. The average molecular weight is 383 g/mol. The number of rotatable bonds is 7. The van der Waals surface area contributed by atoms with Gasteiger partial charge in [0.2, 0.25) is 5.91 Å². The molecule has 0 unspecified atom stereocenters. The molecule has 2 amide bonds. The van der Waals surface area contributed by atoms with E-state index in [9.17, 15) is 14.0 Å². The summed E-state index contributed by atoms with van der Waals surface area (Å²) in [4.78, 5) is 23.6. The van der Waals surface area contributed by atoms with Gasteiger partial charge in [0, 0.05) is 6.08 Å². The van der Waals surface area contributed by atoms with Crippen molar-refractivity contribution in [3.63, 3.8) is 0 Å². The summed E-state index contributed by atoms with van der Waals surface area (Å²) in [5.41, 5.74) is 5.82. The first-order chi connectivity index (χ1) is 13.5. The number of benzene rings is 2. The summed E-state index contributed by atoms with van der Waals surface area (Å²) in [6, 6.07) is 12.3. The van der Waals surface area contributed by atoms with Gasteiger partial charge >= 0.3 is 0 Å². The van der Waals surface area contributed by atoms with Crippen molar-refractivity contribution in [3.05, 3.63) is 65.5 Å². The van der Waals surface area contributed by atoms with Crippen LogP contribution in [0.2, 0.25) is 0 Å². The number of halogens is 1. The zero-order valence-electron chi connectivity index (χ0n) is 15.1. The monoisotopic (exact) mass is 383 g/mol. The smallest absolute Gasteiger partial charge is 0.262 e. The molecule has 0 aliphatic rings. The number of nitriles is 1. The molecule has 7 nitrogen and oxygen atoms in total. The van der Waals surface area contributed by atoms with Crippen LogP contribution in [0, 0.1) is 17.1 Å². The third-order valence-corrected chi connectivity index (χ3v) is 3.51. The van der Waals surface area contributed by atoms with Crippen LogP contribution in [-0.4, -0.2) is 25.5 Å². The fourth-order valence-electron chi connectivity index (χ4n) is 2.19. The number of nitrogens with one attached hydrogen (secondary N) is 2. The van der Waals surface area contributed by atoms with Crippen molar-refractivity contribution in [1.82, 2.24) is 10.9 Å². The van der Waals surface area contributed by atoms with Crippen molar-refractivity contribution in [3.8, 4) is 17.6 Å². The summed E-state index contributed by atoms with van der Waals surface area (Å²) in [6.07, 6.45) is 2.77. The van der Waals surface area contributed by atoms with Gasteiger partial charge in [-0.2, -0.15) is 5.26 Å². The molecule has 28 heavy (non-hydrogen) atoms. The summed E-state index contributed by atoms with van der Waals surface area (Å²) in [5.74, 6) is -0.516. The molecule has 0 saturated heterocycles. The Morgan fingerprint density at radius 1 is 1.14 bits per heavy atom. The van der Waals surface area contributed by atoms with Gasteiger partial charge in [0.1, 0.15) is 11.9 Å². The maximum Gasteiger partial charge on any atom is 0.262 e. The maximum absolute atomic E-state index is 12.8. The van der Waals surface area contributed by atoms with Crippen LogP contribution < -0.4 is 20.3 Å². The molecule has 2 N–H and O–H groups in total. The molecular weight excluding hydrogens is 365 g/mol. The first-order valence-corrected chi connectivity index (χ1v) is 8.21. The number of ether oxygens (including phenoxy) is 2. The van der Waals surface area contributed by atoms with E-state index < -0.39 is 11.8 Å². The summed E-state index contributed by atoms with van der Waals surface area (Å²) in [5, 5.41) is 8.56. The topological polar surface area (TPSA) is 100 Å². The van der Waals surface area contributed by atoms with E-state index in [2.05, 4.69) is 10.9 Å². The molecule has 0 saturated carbocycles. The molecule has 0 bridgehead atoms. The zero-order valence-corrected chi connectivity index (χ0v) is 15.1. The molecule has 2 rings (SSSR count). The highest BCUT2D eigenvalue weighted by molar-refractivity contribution is 5.93. The Hall–Kier alpha value is -3.86. The first kappa shape index (κ1) is 20.5. The highest BCUT2D eigenvalue weighted by Gasteiger charge is 2.06. The van der Waals surface area contributed by atoms with Crippen LogP contribution in [0.15, 0.2) is 48.5 Å². The number of hydrogen-bond acceptors (Lipinski definition) is 5. The summed E-state index contributed by atoms with van der Waals surface area (Å²) in [7, 11) is 1.46. The Morgan fingerprint density at radius 3 is 2.57 bits per heavy atom. The van der Waals surface area contributed by atoms with Crippen molar-refractivity contribution >= 4 is 17.9 Å². The molecule has 0 aromatic heterocycles. The lowest BCUT2D eigenvalue weighted by atomic mass is 10.1. The summed E-state index contributed by atoms with van der Waals surface area (Å²) < 4.78 is 23.2. The van der Waals surface area contributed by atoms with Crippen LogP contribution in [0.1, 0.15) is 11.1 Å².